The molecule has 0 bridgehead atoms. The molecule has 2 N–H and O–H groups in total. The first-order valence-corrected chi connectivity index (χ1v) is 10.3. The van der Waals surface area contributed by atoms with Gasteiger partial charge >= 0.3 is 0 Å². The largest absolute Gasteiger partial charge is 0.329 e. The molecule has 0 radical (unpaired) electrons. The minimum atomic E-state index is -3.67. The van der Waals surface area contributed by atoms with Gasteiger partial charge in [0.05, 0.1) is 4.90 Å². The molecule has 1 aliphatic heterocycles. The van der Waals surface area contributed by atoms with E-state index in [1.807, 2.05) is 0 Å². The van der Waals surface area contributed by atoms with Crippen LogP contribution in [0.3, 0.4) is 0 Å². The molecular formula is C18H26ClN3O3S. The number of rotatable bonds is 5. The number of sulfonamides is 1. The topological polar surface area (TPSA) is 82.3 Å². The first-order valence-electron chi connectivity index (χ1n) is 8.88. The number of nitrogens with zero attached hydrogens (tertiary/aromatic N) is 1. The molecule has 1 atom stereocenters. The van der Waals surface area contributed by atoms with Gasteiger partial charge in [-0.1, -0.05) is 25.8 Å². The highest BCUT2D eigenvalue weighted by Crippen LogP contribution is 2.27. The third-order valence-electron chi connectivity index (χ3n) is 4.77. The number of pyridine rings is 1. The second kappa shape index (κ2) is 8.99. The van der Waals surface area contributed by atoms with Crippen molar-refractivity contribution in [1.82, 2.24) is 14.6 Å². The van der Waals surface area contributed by atoms with Crippen LogP contribution in [0.4, 0.5) is 0 Å². The molecule has 0 unspecified atom stereocenters. The molecule has 3 rings (SSSR count). The van der Waals surface area contributed by atoms with E-state index < -0.39 is 10.0 Å². The van der Waals surface area contributed by atoms with Crippen LogP contribution >= 0.6 is 12.4 Å². The summed E-state index contributed by atoms with van der Waals surface area (Å²) in [4.78, 5) is 14.8. The molecule has 8 heteroatoms. The number of fused-ring (bicyclic) bond motifs is 1. The number of aromatic nitrogens is 1. The molecule has 0 aliphatic carbocycles. The van der Waals surface area contributed by atoms with Crippen LogP contribution in [0.2, 0.25) is 0 Å². The van der Waals surface area contributed by atoms with Crippen LogP contribution in [0.5, 0.6) is 0 Å². The smallest absolute Gasteiger partial charge is 0.255 e. The van der Waals surface area contributed by atoms with E-state index in [0.29, 0.717) is 23.9 Å². The zero-order valence-corrected chi connectivity index (χ0v) is 16.5. The van der Waals surface area contributed by atoms with Crippen LogP contribution in [0, 0.1) is 0 Å². The lowest BCUT2D eigenvalue weighted by molar-refractivity contribution is 0.313. The van der Waals surface area contributed by atoms with Crippen molar-refractivity contribution in [2.45, 2.75) is 43.5 Å². The SMILES string of the molecule is CCCC[C@@H]1CNCCCN1S(=O)(=O)c1cccc2c(=O)[nH]ccc12.Cl. The van der Waals surface area contributed by atoms with Crippen molar-refractivity contribution >= 4 is 33.2 Å². The summed E-state index contributed by atoms with van der Waals surface area (Å²) in [5.41, 5.74) is -0.269. The lowest BCUT2D eigenvalue weighted by Gasteiger charge is -2.29. The second-order valence-corrected chi connectivity index (χ2v) is 8.35. The quantitative estimate of drug-likeness (QED) is 0.809. The summed E-state index contributed by atoms with van der Waals surface area (Å²) in [5, 5.41) is 4.23. The molecular weight excluding hydrogens is 374 g/mol. The molecule has 1 saturated heterocycles. The monoisotopic (exact) mass is 399 g/mol. The number of benzene rings is 1. The maximum absolute atomic E-state index is 13.4. The summed E-state index contributed by atoms with van der Waals surface area (Å²) in [6.45, 7) is 4.11. The number of unbranched alkanes of at least 4 members (excludes halogenated alkanes) is 1. The highest BCUT2D eigenvalue weighted by atomic mass is 35.5. The Morgan fingerprint density at radius 3 is 2.81 bits per heavy atom. The van der Waals surface area contributed by atoms with E-state index in [4.69, 9.17) is 0 Å². The molecule has 2 aromatic rings. The third-order valence-corrected chi connectivity index (χ3v) is 6.78. The Bertz CT molecular complexity index is 898. The number of hydrogen-bond donors (Lipinski definition) is 2. The molecule has 1 aliphatic rings. The van der Waals surface area contributed by atoms with Gasteiger partial charge in [0.25, 0.3) is 5.56 Å². The summed E-state index contributed by atoms with van der Waals surface area (Å²) >= 11 is 0. The Hall–Kier alpha value is -1.41. The summed E-state index contributed by atoms with van der Waals surface area (Å²) in [6.07, 6.45) is 5.16. The highest BCUT2D eigenvalue weighted by Gasteiger charge is 2.33. The number of H-pyrrole nitrogens is 1. The molecule has 0 saturated carbocycles. The maximum Gasteiger partial charge on any atom is 0.255 e. The van der Waals surface area contributed by atoms with Crippen LogP contribution in [-0.4, -0.2) is 43.4 Å². The van der Waals surface area contributed by atoms with Crippen molar-refractivity contribution in [2.24, 2.45) is 0 Å². The predicted molar refractivity (Wildman–Crippen MR) is 107 cm³/mol. The third kappa shape index (κ3) is 4.11. The van der Waals surface area contributed by atoms with E-state index in [1.54, 1.807) is 28.6 Å². The summed E-state index contributed by atoms with van der Waals surface area (Å²) < 4.78 is 28.5. The number of halogens is 1. The van der Waals surface area contributed by atoms with E-state index in [2.05, 4.69) is 17.2 Å². The van der Waals surface area contributed by atoms with Gasteiger partial charge in [0.1, 0.15) is 0 Å². The van der Waals surface area contributed by atoms with Crippen molar-refractivity contribution in [3.63, 3.8) is 0 Å². The number of aromatic amines is 1. The average Bonchev–Trinajstić information content (AvgIpc) is 2.86. The van der Waals surface area contributed by atoms with Crippen molar-refractivity contribution in [1.29, 1.82) is 0 Å². The Balaban J connectivity index is 0.00000243. The van der Waals surface area contributed by atoms with Crippen LogP contribution in [0.15, 0.2) is 40.2 Å². The molecule has 1 aromatic carbocycles. The Morgan fingerprint density at radius 1 is 1.23 bits per heavy atom. The van der Waals surface area contributed by atoms with Gasteiger partial charge in [-0.3, -0.25) is 4.79 Å². The fourth-order valence-corrected chi connectivity index (χ4v) is 5.36. The Morgan fingerprint density at radius 2 is 2.04 bits per heavy atom. The van der Waals surface area contributed by atoms with Gasteiger partial charge in [-0.2, -0.15) is 4.31 Å². The van der Waals surface area contributed by atoms with Crippen molar-refractivity contribution in [3.05, 3.63) is 40.8 Å². The number of nitrogens with one attached hydrogen (secondary N) is 2. The molecule has 1 fully saturated rings. The Labute approximate surface area is 160 Å². The minimum Gasteiger partial charge on any atom is -0.329 e. The van der Waals surface area contributed by atoms with Gasteiger partial charge in [0.2, 0.25) is 10.0 Å². The summed E-state index contributed by atoms with van der Waals surface area (Å²) in [7, 11) is -3.67. The van der Waals surface area contributed by atoms with Crippen LogP contribution < -0.4 is 10.9 Å². The lowest BCUT2D eigenvalue weighted by Crippen LogP contribution is -2.43. The van der Waals surface area contributed by atoms with Crippen molar-refractivity contribution < 1.29 is 8.42 Å². The summed E-state index contributed by atoms with van der Waals surface area (Å²) in [5.74, 6) is 0. The van der Waals surface area contributed by atoms with Gasteiger partial charge in [-0.05, 0) is 37.6 Å². The van der Waals surface area contributed by atoms with Gasteiger partial charge in [0.15, 0.2) is 0 Å². The molecule has 26 heavy (non-hydrogen) atoms. The van der Waals surface area contributed by atoms with Gasteiger partial charge in [0, 0.05) is 36.1 Å². The molecule has 1 aromatic heterocycles. The van der Waals surface area contributed by atoms with Crippen molar-refractivity contribution in [2.75, 3.05) is 19.6 Å². The highest BCUT2D eigenvalue weighted by molar-refractivity contribution is 7.89. The minimum absolute atomic E-state index is 0. The van der Waals surface area contributed by atoms with E-state index >= 15 is 0 Å². The Kier molecular flexibility index (Phi) is 7.23. The maximum atomic E-state index is 13.4. The van der Waals surface area contributed by atoms with Gasteiger partial charge in [-0.15, -0.1) is 12.4 Å². The van der Waals surface area contributed by atoms with E-state index in [0.717, 1.165) is 32.2 Å². The zero-order valence-electron chi connectivity index (χ0n) is 14.9. The zero-order chi connectivity index (χ0) is 17.9. The van der Waals surface area contributed by atoms with Crippen LogP contribution in [-0.2, 0) is 10.0 Å². The van der Waals surface area contributed by atoms with Crippen molar-refractivity contribution in [3.8, 4) is 0 Å². The predicted octanol–water partition coefficient (Wildman–Crippen LogP) is 2.49. The lowest BCUT2D eigenvalue weighted by atomic mass is 10.1. The molecule has 0 amide bonds. The van der Waals surface area contributed by atoms with E-state index in [9.17, 15) is 13.2 Å². The normalized spacial score (nSPS) is 19.0. The van der Waals surface area contributed by atoms with Gasteiger partial charge in [-0.25, -0.2) is 8.42 Å². The second-order valence-electron chi connectivity index (χ2n) is 6.49. The molecule has 0 spiro atoms. The molecule has 144 valence electrons. The first kappa shape index (κ1) is 20.9. The average molecular weight is 400 g/mol. The van der Waals surface area contributed by atoms with Gasteiger partial charge < -0.3 is 10.3 Å². The van der Waals surface area contributed by atoms with Crippen LogP contribution in [0.1, 0.15) is 32.6 Å². The van der Waals surface area contributed by atoms with E-state index in [-0.39, 0.29) is 28.9 Å². The summed E-state index contributed by atoms with van der Waals surface area (Å²) in [6, 6.07) is 6.52. The van der Waals surface area contributed by atoms with Crippen LogP contribution in [0.25, 0.3) is 10.8 Å². The number of hydrogen-bond acceptors (Lipinski definition) is 4. The molecule has 6 nitrogen and oxygen atoms in total. The standard InChI is InChI=1S/C18H25N3O3S.ClH/c1-2-3-6-14-13-19-10-5-12-21(14)25(23,24)17-8-4-7-16-15(17)9-11-20-18(16)22;/h4,7-9,11,14,19H,2-3,5-6,10,12-13H2,1H3,(H,20,22);1H/t14-;/m1./s1. The van der Waals surface area contributed by atoms with E-state index in [1.165, 1.54) is 6.20 Å². The first-order chi connectivity index (χ1) is 12.1. The molecule has 2 heterocycles. The fraction of sp³-hybridized carbons (Fsp3) is 0.500. The fourth-order valence-electron chi connectivity index (χ4n) is 3.46.